The summed E-state index contributed by atoms with van der Waals surface area (Å²) >= 11 is 3.32. The number of halogens is 1. The summed E-state index contributed by atoms with van der Waals surface area (Å²) in [5.41, 5.74) is 0.513. The van der Waals surface area contributed by atoms with Gasteiger partial charge in [-0.15, -0.1) is 0 Å². The standard InChI is InChI=1S/C15H17BrN2O5/c1-8(15(21)22)9(2)17-13(19)6-18-11-4-3-10(16)5-12(11)23-7-14(18)20/h3-5,8-9H,6-7H2,1-2H3,(H,17,19)(H,21,22). The van der Waals surface area contributed by atoms with Crippen molar-refractivity contribution < 1.29 is 24.2 Å². The highest BCUT2D eigenvalue weighted by atomic mass is 79.9. The Labute approximate surface area is 141 Å². The number of hydrogen-bond donors (Lipinski definition) is 2. The molecule has 0 spiro atoms. The number of fused-ring (bicyclic) bond motifs is 1. The topological polar surface area (TPSA) is 95.9 Å². The highest BCUT2D eigenvalue weighted by Crippen LogP contribution is 2.34. The van der Waals surface area contributed by atoms with Crippen LogP contribution in [0.5, 0.6) is 5.75 Å². The number of carbonyl (C=O) groups is 3. The van der Waals surface area contributed by atoms with Gasteiger partial charge in [0.15, 0.2) is 6.61 Å². The highest BCUT2D eigenvalue weighted by molar-refractivity contribution is 9.10. The summed E-state index contributed by atoms with van der Waals surface area (Å²) < 4.78 is 6.15. The zero-order valence-electron chi connectivity index (χ0n) is 12.7. The van der Waals surface area contributed by atoms with E-state index in [2.05, 4.69) is 21.2 Å². The van der Waals surface area contributed by atoms with Crippen LogP contribution in [0.2, 0.25) is 0 Å². The molecule has 124 valence electrons. The van der Waals surface area contributed by atoms with Crippen molar-refractivity contribution in [3.05, 3.63) is 22.7 Å². The van der Waals surface area contributed by atoms with Gasteiger partial charge in [0.2, 0.25) is 5.91 Å². The van der Waals surface area contributed by atoms with Crippen molar-refractivity contribution in [1.29, 1.82) is 0 Å². The number of nitrogens with zero attached hydrogens (tertiary/aromatic N) is 1. The van der Waals surface area contributed by atoms with Crippen LogP contribution in [0.3, 0.4) is 0 Å². The van der Waals surface area contributed by atoms with Gasteiger partial charge in [0.1, 0.15) is 12.3 Å². The quantitative estimate of drug-likeness (QED) is 0.799. The SMILES string of the molecule is CC(NC(=O)CN1C(=O)COc2cc(Br)ccc21)C(C)C(=O)O. The first-order valence-electron chi connectivity index (χ1n) is 7.04. The maximum Gasteiger partial charge on any atom is 0.308 e. The first-order chi connectivity index (χ1) is 10.8. The number of anilines is 1. The first-order valence-corrected chi connectivity index (χ1v) is 7.83. The third-order valence-electron chi connectivity index (χ3n) is 3.69. The molecule has 2 rings (SSSR count). The third kappa shape index (κ3) is 4.01. The lowest BCUT2D eigenvalue weighted by atomic mass is 10.0. The Bertz CT molecular complexity index is 649. The minimum atomic E-state index is -0.990. The van der Waals surface area contributed by atoms with E-state index in [9.17, 15) is 14.4 Å². The molecule has 1 aromatic carbocycles. The number of hydrogen-bond acceptors (Lipinski definition) is 4. The van der Waals surface area contributed by atoms with Crippen molar-refractivity contribution in [2.45, 2.75) is 19.9 Å². The lowest BCUT2D eigenvalue weighted by molar-refractivity contribution is -0.142. The molecule has 2 amide bonds. The van der Waals surface area contributed by atoms with Gasteiger partial charge in [-0.1, -0.05) is 15.9 Å². The molecule has 1 aromatic rings. The van der Waals surface area contributed by atoms with Gasteiger partial charge in [-0.05, 0) is 32.0 Å². The van der Waals surface area contributed by atoms with Crippen molar-refractivity contribution in [3.8, 4) is 5.75 Å². The van der Waals surface area contributed by atoms with Crippen LogP contribution < -0.4 is 15.0 Å². The first kappa shape index (κ1) is 17.3. The molecule has 8 heteroatoms. The van der Waals surface area contributed by atoms with E-state index < -0.39 is 23.8 Å². The number of aliphatic carboxylic acids is 1. The second-order valence-corrected chi connectivity index (χ2v) is 6.28. The average molecular weight is 385 g/mol. The minimum absolute atomic E-state index is 0.141. The summed E-state index contributed by atoms with van der Waals surface area (Å²) in [5.74, 6) is -1.94. The van der Waals surface area contributed by atoms with E-state index in [0.717, 1.165) is 4.47 Å². The summed E-state index contributed by atoms with van der Waals surface area (Å²) in [7, 11) is 0. The van der Waals surface area contributed by atoms with E-state index in [4.69, 9.17) is 9.84 Å². The molecule has 1 aliphatic heterocycles. The zero-order valence-corrected chi connectivity index (χ0v) is 14.3. The second kappa shape index (κ2) is 6.99. The van der Waals surface area contributed by atoms with Gasteiger partial charge in [-0.2, -0.15) is 0 Å². The minimum Gasteiger partial charge on any atom is -0.482 e. The lowest BCUT2D eigenvalue weighted by Gasteiger charge is -2.29. The summed E-state index contributed by atoms with van der Waals surface area (Å²) in [5, 5.41) is 11.6. The van der Waals surface area contributed by atoms with Crippen molar-refractivity contribution >= 4 is 39.4 Å². The Hall–Kier alpha value is -2.09. The second-order valence-electron chi connectivity index (χ2n) is 5.36. The van der Waals surface area contributed by atoms with Gasteiger partial charge in [0.25, 0.3) is 5.91 Å². The Balaban J connectivity index is 2.09. The van der Waals surface area contributed by atoms with Crippen LogP contribution in [0.1, 0.15) is 13.8 Å². The number of ether oxygens (including phenoxy) is 1. The molecule has 7 nitrogen and oxygen atoms in total. The number of carboxylic acid groups (broad SMARTS) is 1. The van der Waals surface area contributed by atoms with Crippen molar-refractivity contribution in [2.24, 2.45) is 5.92 Å². The van der Waals surface area contributed by atoms with Crippen LogP contribution in [0.25, 0.3) is 0 Å². The molecule has 0 fully saturated rings. The number of rotatable bonds is 5. The smallest absolute Gasteiger partial charge is 0.308 e. The molecular weight excluding hydrogens is 368 g/mol. The van der Waals surface area contributed by atoms with Crippen LogP contribution in [-0.4, -0.2) is 42.1 Å². The van der Waals surface area contributed by atoms with Gasteiger partial charge in [-0.3, -0.25) is 19.3 Å². The largest absolute Gasteiger partial charge is 0.482 e. The zero-order chi connectivity index (χ0) is 17.1. The number of amides is 2. The number of carboxylic acids is 1. The van der Waals surface area contributed by atoms with Gasteiger partial charge in [-0.25, -0.2) is 0 Å². The number of nitrogens with one attached hydrogen (secondary N) is 1. The molecule has 2 unspecified atom stereocenters. The highest BCUT2D eigenvalue weighted by Gasteiger charge is 2.28. The van der Waals surface area contributed by atoms with Crippen molar-refractivity contribution in [3.63, 3.8) is 0 Å². The average Bonchev–Trinajstić information content (AvgIpc) is 2.49. The van der Waals surface area contributed by atoms with E-state index in [1.807, 2.05) is 0 Å². The van der Waals surface area contributed by atoms with Gasteiger partial charge in [0.05, 0.1) is 11.6 Å². The maximum atomic E-state index is 12.1. The van der Waals surface area contributed by atoms with E-state index in [0.29, 0.717) is 11.4 Å². The molecule has 1 heterocycles. The number of benzene rings is 1. The van der Waals surface area contributed by atoms with Crippen LogP contribution in [0, 0.1) is 5.92 Å². The van der Waals surface area contributed by atoms with E-state index in [1.165, 1.54) is 11.8 Å². The molecule has 0 aromatic heterocycles. The van der Waals surface area contributed by atoms with Gasteiger partial charge >= 0.3 is 5.97 Å². The summed E-state index contributed by atoms with van der Waals surface area (Å²) in [6.45, 7) is 2.80. The molecule has 2 N–H and O–H groups in total. The predicted molar refractivity (Wildman–Crippen MR) is 86.4 cm³/mol. The Kier molecular flexibility index (Phi) is 5.25. The molecule has 0 radical (unpaired) electrons. The van der Waals surface area contributed by atoms with E-state index in [-0.39, 0.29) is 19.1 Å². The van der Waals surface area contributed by atoms with Crippen LogP contribution in [0.15, 0.2) is 22.7 Å². The fourth-order valence-corrected chi connectivity index (χ4v) is 2.47. The molecule has 0 bridgehead atoms. The summed E-state index contributed by atoms with van der Waals surface area (Å²) in [6, 6.07) is 4.62. The van der Waals surface area contributed by atoms with E-state index >= 15 is 0 Å². The molecule has 0 aliphatic carbocycles. The monoisotopic (exact) mass is 384 g/mol. The molecular formula is C15H17BrN2O5. The van der Waals surface area contributed by atoms with Crippen molar-refractivity contribution in [1.82, 2.24) is 5.32 Å². The third-order valence-corrected chi connectivity index (χ3v) is 4.19. The fourth-order valence-electron chi connectivity index (χ4n) is 2.13. The summed E-state index contributed by atoms with van der Waals surface area (Å²) in [6.07, 6.45) is 0. The number of carbonyl (C=O) groups excluding carboxylic acids is 2. The van der Waals surface area contributed by atoms with Gasteiger partial charge in [0, 0.05) is 10.5 Å². The Morgan fingerprint density at radius 1 is 1.43 bits per heavy atom. The van der Waals surface area contributed by atoms with Gasteiger partial charge < -0.3 is 15.2 Å². The van der Waals surface area contributed by atoms with Crippen LogP contribution in [-0.2, 0) is 14.4 Å². The normalized spacial score (nSPS) is 16.1. The molecule has 0 saturated carbocycles. The van der Waals surface area contributed by atoms with E-state index in [1.54, 1.807) is 25.1 Å². The molecule has 23 heavy (non-hydrogen) atoms. The maximum absolute atomic E-state index is 12.1. The van der Waals surface area contributed by atoms with Crippen molar-refractivity contribution in [2.75, 3.05) is 18.1 Å². The lowest BCUT2D eigenvalue weighted by Crippen LogP contribution is -2.48. The Morgan fingerprint density at radius 2 is 2.13 bits per heavy atom. The fraction of sp³-hybridized carbons (Fsp3) is 0.400. The predicted octanol–water partition coefficient (Wildman–Crippen LogP) is 1.40. The summed E-state index contributed by atoms with van der Waals surface area (Å²) in [4.78, 5) is 36.4. The molecule has 2 atom stereocenters. The Morgan fingerprint density at radius 3 is 2.78 bits per heavy atom. The molecule has 0 saturated heterocycles. The molecule has 1 aliphatic rings. The van der Waals surface area contributed by atoms with Crippen LogP contribution in [0.4, 0.5) is 5.69 Å². The van der Waals surface area contributed by atoms with Crippen LogP contribution >= 0.6 is 15.9 Å².